The van der Waals surface area contributed by atoms with Gasteiger partial charge in [-0.1, -0.05) is 6.92 Å². The summed E-state index contributed by atoms with van der Waals surface area (Å²) < 4.78 is 0. The predicted molar refractivity (Wildman–Crippen MR) is 83.0 cm³/mol. The van der Waals surface area contributed by atoms with Gasteiger partial charge >= 0.3 is 0 Å². The van der Waals surface area contributed by atoms with Crippen molar-refractivity contribution in [2.45, 2.75) is 56.4 Å². The third kappa shape index (κ3) is 3.79. The molecule has 3 aliphatic rings. The van der Waals surface area contributed by atoms with E-state index in [0.717, 1.165) is 25.3 Å². The van der Waals surface area contributed by atoms with E-state index in [-0.39, 0.29) is 12.4 Å². The summed E-state index contributed by atoms with van der Waals surface area (Å²) in [7, 11) is 0. The van der Waals surface area contributed by atoms with Gasteiger partial charge < -0.3 is 10.2 Å². The van der Waals surface area contributed by atoms with Gasteiger partial charge in [0.2, 0.25) is 5.91 Å². The molecule has 0 radical (unpaired) electrons. The topological polar surface area (TPSA) is 32.3 Å². The standard InChI is InChI=1S/C14H24N2OS.ClH/c1-10-9-16(4-5-18-10)14(17)8-11-6-12-2-3-13(7-11)15-12;/h10-13,15H,2-9H2,1H3;1H. The Morgan fingerprint density at radius 1 is 1.32 bits per heavy atom. The monoisotopic (exact) mass is 304 g/mol. The fraction of sp³-hybridized carbons (Fsp3) is 0.929. The number of fused-ring (bicyclic) bond motifs is 2. The van der Waals surface area contributed by atoms with Crippen LogP contribution in [0.1, 0.15) is 39.0 Å². The van der Waals surface area contributed by atoms with E-state index in [0.29, 0.717) is 29.2 Å². The zero-order chi connectivity index (χ0) is 12.5. The molecule has 0 aliphatic carbocycles. The van der Waals surface area contributed by atoms with Crippen molar-refractivity contribution in [2.75, 3.05) is 18.8 Å². The van der Waals surface area contributed by atoms with Gasteiger partial charge in [-0.2, -0.15) is 11.8 Å². The first-order valence-electron chi connectivity index (χ1n) is 7.36. The molecule has 5 heteroatoms. The molecule has 1 N–H and O–H groups in total. The maximum absolute atomic E-state index is 12.3. The molecule has 3 unspecified atom stereocenters. The van der Waals surface area contributed by atoms with Crippen LogP contribution in [0.3, 0.4) is 0 Å². The maximum Gasteiger partial charge on any atom is 0.222 e. The van der Waals surface area contributed by atoms with Crippen LogP contribution < -0.4 is 5.32 Å². The van der Waals surface area contributed by atoms with Gasteiger partial charge in [0.05, 0.1) is 0 Å². The minimum absolute atomic E-state index is 0. The number of halogens is 1. The first-order chi connectivity index (χ1) is 8.70. The second kappa shape index (κ2) is 6.68. The zero-order valence-electron chi connectivity index (χ0n) is 11.6. The summed E-state index contributed by atoms with van der Waals surface area (Å²) in [5, 5.41) is 4.27. The normalized spacial score (nSPS) is 37.8. The molecule has 3 aliphatic heterocycles. The highest BCUT2D eigenvalue weighted by Crippen LogP contribution is 2.33. The van der Waals surface area contributed by atoms with Crippen LogP contribution in [-0.2, 0) is 4.79 Å². The van der Waals surface area contributed by atoms with Crippen LogP contribution in [0.25, 0.3) is 0 Å². The van der Waals surface area contributed by atoms with Gasteiger partial charge in [0.15, 0.2) is 0 Å². The number of thioether (sulfide) groups is 1. The Labute approximate surface area is 126 Å². The van der Waals surface area contributed by atoms with Crippen LogP contribution >= 0.6 is 24.2 Å². The van der Waals surface area contributed by atoms with Crippen LogP contribution in [0, 0.1) is 5.92 Å². The molecule has 0 saturated carbocycles. The van der Waals surface area contributed by atoms with Crippen LogP contribution in [0.5, 0.6) is 0 Å². The predicted octanol–water partition coefficient (Wildman–Crippen LogP) is 2.29. The van der Waals surface area contributed by atoms with E-state index in [1.165, 1.54) is 25.7 Å². The summed E-state index contributed by atoms with van der Waals surface area (Å²) in [6.07, 6.45) is 5.90. The number of hydrogen-bond acceptors (Lipinski definition) is 3. The average Bonchev–Trinajstić information content (AvgIpc) is 2.69. The largest absolute Gasteiger partial charge is 0.341 e. The second-order valence-electron chi connectivity index (χ2n) is 6.20. The van der Waals surface area contributed by atoms with Gasteiger partial charge in [0, 0.05) is 42.6 Å². The molecule has 0 aromatic carbocycles. The summed E-state index contributed by atoms with van der Waals surface area (Å²) in [6, 6.07) is 1.41. The Balaban J connectivity index is 0.00000133. The number of nitrogens with one attached hydrogen (secondary N) is 1. The smallest absolute Gasteiger partial charge is 0.222 e. The number of carbonyl (C=O) groups is 1. The Kier molecular flexibility index (Phi) is 5.44. The summed E-state index contributed by atoms with van der Waals surface area (Å²) in [5.41, 5.74) is 0. The summed E-state index contributed by atoms with van der Waals surface area (Å²) in [4.78, 5) is 14.4. The van der Waals surface area contributed by atoms with Crippen LogP contribution in [0.2, 0.25) is 0 Å². The van der Waals surface area contributed by atoms with Crippen molar-refractivity contribution in [1.29, 1.82) is 0 Å². The quantitative estimate of drug-likeness (QED) is 0.849. The van der Waals surface area contributed by atoms with Crippen molar-refractivity contribution < 1.29 is 4.79 Å². The van der Waals surface area contributed by atoms with Gasteiger partial charge in [0.25, 0.3) is 0 Å². The van der Waals surface area contributed by atoms with Gasteiger partial charge in [-0.05, 0) is 31.6 Å². The summed E-state index contributed by atoms with van der Waals surface area (Å²) in [5.74, 6) is 2.17. The number of rotatable bonds is 2. The van der Waals surface area contributed by atoms with E-state index in [1.807, 2.05) is 11.8 Å². The lowest BCUT2D eigenvalue weighted by Crippen LogP contribution is -2.44. The Hall–Kier alpha value is 0.0700. The molecule has 0 aromatic rings. The Morgan fingerprint density at radius 2 is 2.00 bits per heavy atom. The molecule has 2 bridgehead atoms. The molecule has 3 nitrogen and oxygen atoms in total. The Morgan fingerprint density at radius 3 is 2.63 bits per heavy atom. The average molecular weight is 305 g/mol. The van der Waals surface area contributed by atoms with Crippen molar-refractivity contribution in [2.24, 2.45) is 5.92 Å². The minimum atomic E-state index is 0. The van der Waals surface area contributed by atoms with E-state index in [4.69, 9.17) is 0 Å². The highest BCUT2D eigenvalue weighted by molar-refractivity contribution is 7.99. The van der Waals surface area contributed by atoms with Crippen LogP contribution in [0.15, 0.2) is 0 Å². The maximum atomic E-state index is 12.3. The Bertz CT molecular complexity index is 317. The third-order valence-corrected chi connectivity index (χ3v) is 5.76. The molecule has 1 amide bonds. The van der Waals surface area contributed by atoms with Crippen molar-refractivity contribution in [3.63, 3.8) is 0 Å². The van der Waals surface area contributed by atoms with Crippen molar-refractivity contribution >= 4 is 30.1 Å². The zero-order valence-corrected chi connectivity index (χ0v) is 13.3. The molecular formula is C14H25ClN2OS. The first-order valence-corrected chi connectivity index (χ1v) is 8.41. The third-order valence-electron chi connectivity index (χ3n) is 4.63. The summed E-state index contributed by atoms with van der Waals surface area (Å²) >= 11 is 1.99. The van der Waals surface area contributed by atoms with Gasteiger partial charge in [0.1, 0.15) is 0 Å². The van der Waals surface area contributed by atoms with E-state index < -0.39 is 0 Å². The van der Waals surface area contributed by atoms with Crippen molar-refractivity contribution in [3.05, 3.63) is 0 Å². The molecular weight excluding hydrogens is 280 g/mol. The van der Waals surface area contributed by atoms with Crippen LogP contribution in [-0.4, -0.2) is 47.0 Å². The first kappa shape index (κ1) is 15.5. The molecule has 3 atom stereocenters. The molecule has 0 spiro atoms. The van der Waals surface area contributed by atoms with Crippen LogP contribution in [0.4, 0.5) is 0 Å². The van der Waals surface area contributed by atoms with Crippen molar-refractivity contribution in [3.8, 4) is 0 Å². The van der Waals surface area contributed by atoms with Gasteiger partial charge in [-0.25, -0.2) is 0 Å². The fourth-order valence-corrected chi connectivity index (χ4v) is 4.78. The number of carbonyl (C=O) groups excluding carboxylic acids is 1. The lowest BCUT2D eigenvalue weighted by Gasteiger charge is -2.34. The molecule has 3 saturated heterocycles. The van der Waals surface area contributed by atoms with Gasteiger partial charge in [-0.3, -0.25) is 4.79 Å². The highest BCUT2D eigenvalue weighted by atomic mass is 35.5. The molecule has 19 heavy (non-hydrogen) atoms. The number of amides is 1. The molecule has 3 rings (SSSR count). The summed E-state index contributed by atoms with van der Waals surface area (Å²) in [6.45, 7) is 4.15. The fourth-order valence-electron chi connectivity index (χ4n) is 3.76. The highest BCUT2D eigenvalue weighted by Gasteiger charge is 2.35. The van der Waals surface area contributed by atoms with E-state index in [9.17, 15) is 4.79 Å². The van der Waals surface area contributed by atoms with Crippen molar-refractivity contribution in [1.82, 2.24) is 10.2 Å². The minimum Gasteiger partial charge on any atom is -0.341 e. The lowest BCUT2D eigenvalue weighted by molar-refractivity contribution is -0.132. The van der Waals surface area contributed by atoms with E-state index >= 15 is 0 Å². The molecule has 110 valence electrons. The van der Waals surface area contributed by atoms with Gasteiger partial charge in [-0.15, -0.1) is 12.4 Å². The number of hydrogen-bond donors (Lipinski definition) is 1. The molecule has 0 aromatic heterocycles. The second-order valence-corrected chi connectivity index (χ2v) is 7.75. The molecule has 3 heterocycles. The molecule has 3 fully saturated rings. The number of piperidine rings is 1. The SMILES string of the molecule is CC1CN(C(=O)CC2CC3CCC(C2)N3)CCS1.Cl. The lowest BCUT2D eigenvalue weighted by atomic mass is 9.89. The van der Waals surface area contributed by atoms with E-state index in [2.05, 4.69) is 17.1 Å². The van der Waals surface area contributed by atoms with E-state index in [1.54, 1.807) is 0 Å². The number of nitrogens with zero attached hydrogens (tertiary/aromatic N) is 1.